The van der Waals surface area contributed by atoms with Crippen LogP contribution in [-0.4, -0.2) is 21.3 Å². The molecule has 0 amide bonds. The average Bonchev–Trinajstić information content (AvgIpc) is 2.75. The molecule has 0 spiro atoms. The van der Waals surface area contributed by atoms with Crippen LogP contribution in [0.2, 0.25) is 0 Å². The molecule has 0 saturated heterocycles. The van der Waals surface area contributed by atoms with Gasteiger partial charge in [-0.15, -0.1) is 0 Å². The second-order valence-electron chi connectivity index (χ2n) is 4.16. The number of hydrogen-bond donors (Lipinski definition) is 2. The Balaban J connectivity index is 1.96. The molecular formula is C12H16BrN5. The lowest BCUT2D eigenvalue weighted by Crippen LogP contribution is -2.08. The lowest BCUT2D eigenvalue weighted by Gasteiger charge is -2.10. The highest BCUT2D eigenvalue weighted by Crippen LogP contribution is 2.27. The highest BCUT2D eigenvalue weighted by molar-refractivity contribution is 9.10. The van der Waals surface area contributed by atoms with Gasteiger partial charge in [-0.3, -0.25) is 4.68 Å². The number of aryl methyl sites for hydroxylation is 1. The van der Waals surface area contributed by atoms with Crippen molar-refractivity contribution in [1.29, 1.82) is 0 Å². The molecule has 3 N–H and O–H groups in total. The van der Waals surface area contributed by atoms with Gasteiger partial charge in [-0.25, -0.2) is 4.98 Å². The van der Waals surface area contributed by atoms with E-state index >= 15 is 0 Å². The number of hydrogen-bond acceptors (Lipinski definition) is 4. The highest BCUT2D eigenvalue weighted by atomic mass is 79.9. The minimum Gasteiger partial charge on any atom is -0.397 e. The normalized spacial score (nSPS) is 10.6. The van der Waals surface area contributed by atoms with Crippen molar-refractivity contribution in [2.75, 3.05) is 17.6 Å². The first-order valence-corrected chi connectivity index (χ1v) is 6.50. The van der Waals surface area contributed by atoms with Crippen LogP contribution in [0.4, 0.5) is 11.5 Å². The van der Waals surface area contributed by atoms with E-state index in [0.717, 1.165) is 34.5 Å². The van der Waals surface area contributed by atoms with Gasteiger partial charge >= 0.3 is 0 Å². The van der Waals surface area contributed by atoms with Crippen LogP contribution in [0, 0.1) is 6.92 Å². The molecule has 2 heterocycles. The molecule has 0 aromatic carbocycles. The summed E-state index contributed by atoms with van der Waals surface area (Å²) in [6.07, 6.45) is 4.47. The summed E-state index contributed by atoms with van der Waals surface area (Å²) in [5.41, 5.74) is 8.54. The van der Waals surface area contributed by atoms with Gasteiger partial charge in [0, 0.05) is 26.2 Å². The minimum atomic E-state index is 0.692. The summed E-state index contributed by atoms with van der Waals surface area (Å²) in [6, 6.07) is 2.01. The number of nitrogen functional groups attached to an aromatic ring is 1. The van der Waals surface area contributed by atoms with Crippen LogP contribution in [0.5, 0.6) is 0 Å². The second kappa shape index (κ2) is 5.39. The maximum atomic E-state index is 5.78. The summed E-state index contributed by atoms with van der Waals surface area (Å²) < 4.78 is 2.72. The Hall–Kier alpha value is -1.56. The zero-order valence-corrected chi connectivity index (χ0v) is 12.0. The van der Waals surface area contributed by atoms with E-state index in [4.69, 9.17) is 5.73 Å². The van der Waals surface area contributed by atoms with E-state index in [0.29, 0.717) is 5.69 Å². The Morgan fingerprint density at radius 3 is 2.94 bits per heavy atom. The van der Waals surface area contributed by atoms with Gasteiger partial charge < -0.3 is 11.1 Å². The monoisotopic (exact) mass is 309 g/mol. The molecule has 96 valence electrons. The van der Waals surface area contributed by atoms with Crippen molar-refractivity contribution < 1.29 is 0 Å². The molecule has 0 radical (unpaired) electrons. The van der Waals surface area contributed by atoms with Gasteiger partial charge in [0.2, 0.25) is 0 Å². The molecule has 2 rings (SSSR count). The molecule has 2 aromatic heterocycles. The van der Waals surface area contributed by atoms with Crippen LogP contribution in [-0.2, 0) is 13.5 Å². The Bertz CT molecular complexity index is 549. The molecule has 0 saturated carbocycles. The average molecular weight is 310 g/mol. The second-order valence-corrected chi connectivity index (χ2v) is 4.95. The summed E-state index contributed by atoms with van der Waals surface area (Å²) in [5, 5.41) is 7.60. The van der Waals surface area contributed by atoms with E-state index in [1.54, 1.807) is 10.9 Å². The summed E-state index contributed by atoms with van der Waals surface area (Å²) in [7, 11) is 1.92. The zero-order chi connectivity index (χ0) is 13.1. The molecule has 0 aliphatic rings. The first-order chi connectivity index (χ1) is 8.58. The van der Waals surface area contributed by atoms with Gasteiger partial charge in [0.1, 0.15) is 5.82 Å². The van der Waals surface area contributed by atoms with E-state index in [9.17, 15) is 0 Å². The molecule has 0 atom stereocenters. The van der Waals surface area contributed by atoms with Gasteiger partial charge in [0.05, 0.1) is 22.1 Å². The van der Waals surface area contributed by atoms with Crippen LogP contribution >= 0.6 is 15.9 Å². The molecule has 0 bridgehead atoms. The third-order valence-corrected chi connectivity index (χ3v) is 3.72. The molecule has 0 aliphatic carbocycles. The van der Waals surface area contributed by atoms with Crippen LogP contribution < -0.4 is 11.1 Å². The van der Waals surface area contributed by atoms with Crippen molar-refractivity contribution >= 4 is 27.4 Å². The lowest BCUT2D eigenvalue weighted by atomic mass is 10.2. The van der Waals surface area contributed by atoms with Crippen LogP contribution in [0.1, 0.15) is 11.3 Å². The van der Waals surface area contributed by atoms with Crippen LogP contribution in [0.25, 0.3) is 0 Å². The molecule has 2 aromatic rings. The predicted octanol–water partition coefficient (Wildman–Crippen LogP) is 2.12. The SMILES string of the molecule is Cc1c(N)cnc(NCCc2ccn(C)n2)c1Br. The quantitative estimate of drug-likeness (QED) is 0.907. The molecular weight excluding hydrogens is 294 g/mol. The van der Waals surface area contributed by atoms with Gasteiger partial charge in [0.25, 0.3) is 0 Å². The predicted molar refractivity (Wildman–Crippen MR) is 76.5 cm³/mol. The summed E-state index contributed by atoms with van der Waals surface area (Å²) in [5.74, 6) is 0.817. The third kappa shape index (κ3) is 2.81. The highest BCUT2D eigenvalue weighted by Gasteiger charge is 2.07. The van der Waals surface area contributed by atoms with Crippen molar-refractivity contribution in [2.24, 2.45) is 7.05 Å². The van der Waals surface area contributed by atoms with E-state index in [2.05, 4.69) is 31.3 Å². The molecule has 0 aliphatic heterocycles. The topological polar surface area (TPSA) is 68.8 Å². The van der Waals surface area contributed by atoms with Crippen molar-refractivity contribution in [3.05, 3.63) is 34.2 Å². The zero-order valence-electron chi connectivity index (χ0n) is 10.4. The molecule has 18 heavy (non-hydrogen) atoms. The Morgan fingerprint density at radius 1 is 1.50 bits per heavy atom. The fourth-order valence-corrected chi connectivity index (χ4v) is 2.09. The van der Waals surface area contributed by atoms with Gasteiger partial charge in [-0.1, -0.05) is 0 Å². The standard InChI is InChI=1S/C12H16BrN5/c1-8-10(14)7-16-12(11(8)13)15-5-3-9-4-6-18(2)17-9/h4,6-7H,3,5,14H2,1-2H3,(H,15,16). The fraction of sp³-hybridized carbons (Fsp3) is 0.333. The number of pyridine rings is 1. The number of rotatable bonds is 4. The van der Waals surface area contributed by atoms with E-state index in [1.165, 1.54) is 0 Å². The maximum Gasteiger partial charge on any atom is 0.140 e. The number of aromatic nitrogens is 3. The fourth-order valence-electron chi connectivity index (χ4n) is 1.62. The van der Waals surface area contributed by atoms with Gasteiger partial charge in [0.15, 0.2) is 0 Å². The maximum absolute atomic E-state index is 5.78. The van der Waals surface area contributed by atoms with Crippen molar-refractivity contribution in [1.82, 2.24) is 14.8 Å². The number of nitrogens with one attached hydrogen (secondary N) is 1. The third-order valence-electron chi connectivity index (χ3n) is 2.75. The van der Waals surface area contributed by atoms with Crippen molar-refractivity contribution in [3.63, 3.8) is 0 Å². The van der Waals surface area contributed by atoms with E-state index in [-0.39, 0.29) is 0 Å². The lowest BCUT2D eigenvalue weighted by molar-refractivity contribution is 0.742. The molecule has 0 unspecified atom stereocenters. The number of halogens is 1. The molecule has 5 nitrogen and oxygen atoms in total. The number of anilines is 2. The Morgan fingerprint density at radius 2 is 2.28 bits per heavy atom. The molecule has 0 fully saturated rings. The summed E-state index contributed by atoms with van der Waals surface area (Å²) in [6.45, 7) is 2.75. The smallest absolute Gasteiger partial charge is 0.140 e. The van der Waals surface area contributed by atoms with Crippen molar-refractivity contribution in [3.8, 4) is 0 Å². The van der Waals surface area contributed by atoms with E-state index in [1.807, 2.05) is 26.2 Å². The first-order valence-electron chi connectivity index (χ1n) is 5.71. The largest absolute Gasteiger partial charge is 0.397 e. The van der Waals surface area contributed by atoms with Gasteiger partial charge in [-0.2, -0.15) is 5.10 Å². The number of nitrogens with zero attached hydrogens (tertiary/aromatic N) is 3. The Labute approximate surface area is 115 Å². The van der Waals surface area contributed by atoms with E-state index < -0.39 is 0 Å². The van der Waals surface area contributed by atoms with Crippen molar-refractivity contribution in [2.45, 2.75) is 13.3 Å². The number of nitrogens with two attached hydrogens (primary N) is 1. The molecule has 6 heteroatoms. The summed E-state index contributed by atoms with van der Waals surface area (Å²) >= 11 is 3.50. The van der Waals surface area contributed by atoms with Crippen LogP contribution in [0.3, 0.4) is 0 Å². The minimum absolute atomic E-state index is 0.692. The summed E-state index contributed by atoms with van der Waals surface area (Å²) in [4.78, 5) is 4.27. The van der Waals surface area contributed by atoms with Gasteiger partial charge in [-0.05, 0) is 34.5 Å². The first kappa shape index (κ1) is 12.9. The van der Waals surface area contributed by atoms with Crippen LogP contribution in [0.15, 0.2) is 22.9 Å². The Kier molecular flexibility index (Phi) is 3.86.